The van der Waals surface area contributed by atoms with E-state index in [4.69, 9.17) is 9.47 Å². The lowest BCUT2D eigenvalue weighted by atomic mass is 10.1. The Balaban J connectivity index is 1.68. The van der Waals surface area contributed by atoms with Crippen LogP contribution in [-0.2, 0) is 16.6 Å². The van der Waals surface area contributed by atoms with E-state index in [1.165, 1.54) is 12.1 Å². The molecular weight excluding hydrogens is 416 g/mol. The van der Waals surface area contributed by atoms with Crippen LogP contribution in [0.3, 0.4) is 0 Å². The van der Waals surface area contributed by atoms with Gasteiger partial charge in [-0.15, -0.1) is 0 Å². The molecular formula is C23H24N2O5S. The highest BCUT2D eigenvalue weighted by Gasteiger charge is 2.16. The molecule has 3 aromatic rings. The van der Waals surface area contributed by atoms with Gasteiger partial charge in [-0.25, -0.2) is 8.42 Å². The third kappa shape index (κ3) is 5.35. The average molecular weight is 441 g/mol. The van der Waals surface area contributed by atoms with Gasteiger partial charge in [0.15, 0.2) is 11.5 Å². The van der Waals surface area contributed by atoms with Gasteiger partial charge >= 0.3 is 0 Å². The normalized spacial score (nSPS) is 10.9. The molecule has 0 radical (unpaired) electrons. The van der Waals surface area contributed by atoms with Crippen molar-refractivity contribution in [3.8, 4) is 11.5 Å². The minimum Gasteiger partial charge on any atom is -0.493 e. The van der Waals surface area contributed by atoms with Crippen molar-refractivity contribution in [1.82, 2.24) is 4.90 Å². The molecule has 0 bridgehead atoms. The first-order valence-corrected chi connectivity index (χ1v) is 11.0. The maximum Gasteiger partial charge on any atom is 0.261 e. The largest absolute Gasteiger partial charge is 0.493 e. The van der Waals surface area contributed by atoms with E-state index >= 15 is 0 Å². The molecule has 0 aliphatic carbocycles. The minimum absolute atomic E-state index is 0.171. The second-order valence-corrected chi connectivity index (χ2v) is 8.53. The van der Waals surface area contributed by atoms with Gasteiger partial charge in [-0.2, -0.15) is 0 Å². The van der Waals surface area contributed by atoms with Crippen molar-refractivity contribution in [1.29, 1.82) is 0 Å². The number of ether oxygens (including phenoxy) is 2. The molecule has 0 saturated heterocycles. The molecule has 0 saturated carbocycles. The third-order valence-electron chi connectivity index (χ3n) is 4.65. The van der Waals surface area contributed by atoms with Gasteiger partial charge in [0.05, 0.1) is 19.1 Å². The number of amides is 1. The first-order valence-electron chi connectivity index (χ1n) is 9.48. The van der Waals surface area contributed by atoms with Crippen molar-refractivity contribution in [2.45, 2.75) is 11.4 Å². The van der Waals surface area contributed by atoms with Crippen molar-refractivity contribution in [3.05, 3.63) is 83.9 Å². The first kappa shape index (κ1) is 22.2. The summed E-state index contributed by atoms with van der Waals surface area (Å²) >= 11 is 0. The van der Waals surface area contributed by atoms with E-state index in [9.17, 15) is 13.2 Å². The molecule has 3 rings (SSSR count). The highest BCUT2D eigenvalue weighted by molar-refractivity contribution is 7.92. The zero-order valence-electron chi connectivity index (χ0n) is 17.5. The van der Waals surface area contributed by atoms with E-state index in [0.29, 0.717) is 29.3 Å². The summed E-state index contributed by atoms with van der Waals surface area (Å²) < 4.78 is 37.9. The Bertz CT molecular complexity index is 1150. The van der Waals surface area contributed by atoms with Gasteiger partial charge in [0.1, 0.15) is 0 Å². The predicted octanol–water partition coefficient (Wildman–Crippen LogP) is 3.78. The van der Waals surface area contributed by atoms with Crippen LogP contribution in [0.5, 0.6) is 11.5 Å². The van der Waals surface area contributed by atoms with E-state index in [1.54, 1.807) is 74.7 Å². The Morgan fingerprint density at radius 3 is 2.16 bits per heavy atom. The monoisotopic (exact) mass is 440 g/mol. The average Bonchev–Trinajstić information content (AvgIpc) is 2.79. The lowest BCUT2D eigenvalue weighted by Crippen LogP contribution is -2.26. The summed E-state index contributed by atoms with van der Waals surface area (Å²) in [6.45, 7) is 0.377. The number of benzene rings is 3. The Hall–Kier alpha value is -3.52. The van der Waals surface area contributed by atoms with Gasteiger partial charge in [0.2, 0.25) is 0 Å². The molecule has 0 aromatic heterocycles. The summed E-state index contributed by atoms with van der Waals surface area (Å²) in [5.74, 6) is 1.02. The van der Waals surface area contributed by atoms with Crippen LogP contribution in [0, 0.1) is 0 Å². The molecule has 8 heteroatoms. The van der Waals surface area contributed by atoms with Crippen LogP contribution in [-0.4, -0.2) is 40.5 Å². The Morgan fingerprint density at radius 1 is 0.903 bits per heavy atom. The van der Waals surface area contributed by atoms with Gasteiger partial charge in [0.25, 0.3) is 15.9 Å². The van der Waals surface area contributed by atoms with Crippen LogP contribution in [0.4, 0.5) is 5.69 Å². The van der Waals surface area contributed by atoms with Crippen LogP contribution >= 0.6 is 0 Å². The van der Waals surface area contributed by atoms with Gasteiger partial charge in [-0.1, -0.05) is 24.3 Å². The van der Waals surface area contributed by atoms with E-state index in [2.05, 4.69) is 4.72 Å². The van der Waals surface area contributed by atoms with Crippen molar-refractivity contribution in [2.24, 2.45) is 0 Å². The predicted molar refractivity (Wildman–Crippen MR) is 119 cm³/mol. The molecule has 31 heavy (non-hydrogen) atoms. The highest BCUT2D eigenvalue weighted by Crippen LogP contribution is 2.28. The molecule has 0 unspecified atom stereocenters. The molecule has 0 heterocycles. The van der Waals surface area contributed by atoms with Crippen LogP contribution < -0.4 is 14.2 Å². The van der Waals surface area contributed by atoms with Crippen LogP contribution in [0.2, 0.25) is 0 Å². The van der Waals surface area contributed by atoms with Crippen molar-refractivity contribution < 1.29 is 22.7 Å². The fourth-order valence-corrected chi connectivity index (χ4v) is 4.12. The van der Waals surface area contributed by atoms with E-state index in [1.807, 2.05) is 12.1 Å². The van der Waals surface area contributed by atoms with Crippen molar-refractivity contribution >= 4 is 21.6 Å². The number of hydrogen-bond acceptors (Lipinski definition) is 5. The Kier molecular flexibility index (Phi) is 6.81. The van der Waals surface area contributed by atoms with E-state index < -0.39 is 10.0 Å². The molecule has 0 atom stereocenters. The molecule has 7 nitrogen and oxygen atoms in total. The van der Waals surface area contributed by atoms with E-state index in [-0.39, 0.29) is 10.8 Å². The van der Waals surface area contributed by atoms with E-state index in [0.717, 1.165) is 5.56 Å². The molecule has 0 fully saturated rings. The number of rotatable bonds is 8. The van der Waals surface area contributed by atoms with Gasteiger partial charge < -0.3 is 14.4 Å². The molecule has 3 aromatic carbocycles. The third-order valence-corrected chi connectivity index (χ3v) is 6.05. The molecule has 1 N–H and O–H groups in total. The standard InChI is InChI=1S/C23H24N2O5S/c1-25(16-17-9-14-21(29-2)22(15-17)30-3)23(26)18-10-12-19(13-11-18)24-31(27,28)20-7-5-4-6-8-20/h4-15,24H,16H2,1-3H3. The highest BCUT2D eigenvalue weighted by atomic mass is 32.2. The SMILES string of the molecule is COc1ccc(CN(C)C(=O)c2ccc(NS(=O)(=O)c3ccccc3)cc2)cc1OC. The Labute approximate surface area is 182 Å². The Morgan fingerprint density at radius 2 is 1.55 bits per heavy atom. The van der Waals surface area contributed by atoms with Crippen LogP contribution in [0.25, 0.3) is 0 Å². The fraction of sp³-hybridized carbons (Fsp3) is 0.174. The molecule has 1 amide bonds. The number of anilines is 1. The summed E-state index contributed by atoms with van der Waals surface area (Å²) in [6.07, 6.45) is 0. The molecule has 0 aliphatic heterocycles. The lowest BCUT2D eigenvalue weighted by Gasteiger charge is -2.18. The van der Waals surface area contributed by atoms with Crippen LogP contribution in [0.1, 0.15) is 15.9 Å². The summed E-state index contributed by atoms with van der Waals surface area (Å²) in [5, 5.41) is 0. The number of nitrogens with one attached hydrogen (secondary N) is 1. The lowest BCUT2D eigenvalue weighted by molar-refractivity contribution is 0.0785. The fourth-order valence-electron chi connectivity index (χ4n) is 3.04. The number of sulfonamides is 1. The van der Waals surface area contributed by atoms with Gasteiger partial charge in [-0.3, -0.25) is 9.52 Å². The summed E-state index contributed by atoms with van der Waals surface area (Å²) in [4.78, 5) is 14.5. The second kappa shape index (κ2) is 9.53. The second-order valence-electron chi connectivity index (χ2n) is 6.85. The van der Waals surface area contributed by atoms with Crippen LogP contribution in [0.15, 0.2) is 77.7 Å². The quantitative estimate of drug-likeness (QED) is 0.576. The molecule has 0 spiro atoms. The first-order chi connectivity index (χ1) is 14.8. The molecule has 0 aliphatic rings. The minimum atomic E-state index is -3.68. The number of hydrogen-bond donors (Lipinski definition) is 1. The summed E-state index contributed by atoms with van der Waals surface area (Å²) in [5.41, 5.74) is 1.72. The maximum absolute atomic E-state index is 12.8. The maximum atomic E-state index is 12.8. The zero-order chi connectivity index (χ0) is 22.4. The van der Waals surface area contributed by atoms with Gasteiger partial charge in [0, 0.05) is 24.8 Å². The summed E-state index contributed by atoms with van der Waals surface area (Å²) in [6, 6.07) is 19.9. The zero-order valence-corrected chi connectivity index (χ0v) is 18.3. The summed E-state index contributed by atoms with van der Waals surface area (Å²) in [7, 11) is 1.14. The topological polar surface area (TPSA) is 84.9 Å². The number of nitrogens with zero attached hydrogens (tertiary/aromatic N) is 1. The number of carbonyl (C=O) groups is 1. The number of methoxy groups -OCH3 is 2. The number of carbonyl (C=O) groups excluding carboxylic acids is 1. The smallest absolute Gasteiger partial charge is 0.261 e. The van der Waals surface area contributed by atoms with Crippen molar-refractivity contribution in [2.75, 3.05) is 26.0 Å². The van der Waals surface area contributed by atoms with Crippen molar-refractivity contribution in [3.63, 3.8) is 0 Å². The molecule has 162 valence electrons. The van der Waals surface area contributed by atoms with Gasteiger partial charge in [-0.05, 0) is 54.1 Å².